The molecule has 31 heavy (non-hydrogen) atoms. The third-order valence-corrected chi connectivity index (χ3v) is 5.89. The molecule has 0 saturated carbocycles. The van der Waals surface area contributed by atoms with Crippen molar-refractivity contribution >= 4 is 39.7 Å². The third-order valence-electron chi connectivity index (χ3n) is 5.58. The highest BCUT2D eigenvalue weighted by Crippen LogP contribution is 2.37. The maximum Gasteiger partial charge on any atom is 0.150 e. The molecule has 1 aliphatic rings. The lowest BCUT2D eigenvalue weighted by molar-refractivity contribution is 0.0398. The summed E-state index contributed by atoms with van der Waals surface area (Å²) in [5.74, 6) is -0.0860. The number of nitrogens with one attached hydrogen (secondary N) is 1. The van der Waals surface area contributed by atoms with Crippen molar-refractivity contribution in [2.45, 2.75) is 0 Å². The van der Waals surface area contributed by atoms with Crippen LogP contribution in [0.15, 0.2) is 42.9 Å². The van der Waals surface area contributed by atoms with Crippen molar-refractivity contribution in [3.63, 3.8) is 0 Å². The Hall–Kier alpha value is -2.94. The molecule has 0 amide bonds. The fourth-order valence-electron chi connectivity index (χ4n) is 4.01. The molecule has 1 aliphatic heterocycles. The van der Waals surface area contributed by atoms with E-state index in [4.69, 9.17) is 22.1 Å². The summed E-state index contributed by atoms with van der Waals surface area (Å²) in [6, 6.07) is 8.51. The minimum absolute atomic E-state index is 0.303. The summed E-state index contributed by atoms with van der Waals surface area (Å²) in [7, 11) is 0. The lowest BCUT2D eigenvalue weighted by Gasteiger charge is -2.26. The number of imidazole rings is 1. The number of hydrogen-bond acceptors (Lipinski definition) is 6. The van der Waals surface area contributed by atoms with Crippen LogP contribution in [0.4, 0.5) is 15.9 Å². The van der Waals surface area contributed by atoms with Gasteiger partial charge in [-0.05, 0) is 24.3 Å². The van der Waals surface area contributed by atoms with E-state index < -0.39 is 5.82 Å². The molecule has 1 saturated heterocycles. The quantitative estimate of drug-likeness (QED) is 0.493. The van der Waals surface area contributed by atoms with E-state index in [1.165, 1.54) is 6.07 Å². The molecule has 0 bridgehead atoms. The minimum atomic E-state index is -0.412. The van der Waals surface area contributed by atoms with Crippen LogP contribution in [-0.2, 0) is 4.74 Å². The Kier molecular flexibility index (Phi) is 5.35. The summed E-state index contributed by atoms with van der Waals surface area (Å²) in [6.07, 6.45) is 3.34. The van der Waals surface area contributed by atoms with Gasteiger partial charge in [0.05, 0.1) is 41.8 Å². The summed E-state index contributed by atoms with van der Waals surface area (Å²) in [6.45, 7) is 5.00. The Bertz CT molecular complexity index is 1230. The Labute approximate surface area is 183 Å². The highest BCUT2D eigenvalue weighted by Gasteiger charge is 2.18. The van der Waals surface area contributed by atoms with Crippen LogP contribution in [0.1, 0.15) is 0 Å². The van der Waals surface area contributed by atoms with E-state index in [0.29, 0.717) is 33.0 Å². The molecular weight excluding hydrogens is 419 g/mol. The van der Waals surface area contributed by atoms with Crippen molar-refractivity contribution in [3.8, 4) is 11.1 Å². The van der Waals surface area contributed by atoms with Gasteiger partial charge >= 0.3 is 0 Å². The van der Waals surface area contributed by atoms with Gasteiger partial charge in [-0.1, -0.05) is 17.7 Å². The van der Waals surface area contributed by atoms with Crippen LogP contribution in [0, 0.1) is 5.82 Å². The number of rotatable bonds is 5. The number of nitrogen functional groups attached to an aromatic ring is 1. The van der Waals surface area contributed by atoms with Crippen molar-refractivity contribution in [2.24, 2.45) is 0 Å². The van der Waals surface area contributed by atoms with Crippen molar-refractivity contribution in [1.82, 2.24) is 19.3 Å². The van der Waals surface area contributed by atoms with E-state index in [1.807, 2.05) is 16.5 Å². The number of aromatic nitrogens is 3. The smallest absolute Gasteiger partial charge is 0.150 e. The number of nitrogens with two attached hydrogens (primary N) is 1. The molecule has 0 atom stereocenters. The van der Waals surface area contributed by atoms with Crippen LogP contribution in [0.25, 0.3) is 27.7 Å². The summed E-state index contributed by atoms with van der Waals surface area (Å²) >= 11 is 6.40. The van der Waals surface area contributed by atoms with E-state index in [2.05, 4.69) is 20.2 Å². The highest BCUT2D eigenvalue weighted by atomic mass is 35.5. The van der Waals surface area contributed by atoms with Crippen LogP contribution in [0.2, 0.25) is 5.02 Å². The summed E-state index contributed by atoms with van der Waals surface area (Å²) in [5, 5.41) is 3.78. The van der Waals surface area contributed by atoms with Crippen molar-refractivity contribution in [2.75, 3.05) is 50.4 Å². The Morgan fingerprint density at radius 2 is 2.03 bits per heavy atom. The van der Waals surface area contributed by atoms with Crippen LogP contribution in [0.5, 0.6) is 0 Å². The Balaban J connectivity index is 1.60. The predicted molar refractivity (Wildman–Crippen MR) is 121 cm³/mol. The first kappa shape index (κ1) is 20.0. The zero-order chi connectivity index (χ0) is 21.4. The molecule has 0 aliphatic carbocycles. The van der Waals surface area contributed by atoms with E-state index in [0.717, 1.165) is 50.6 Å². The van der Waals surface area contributed by atoms with Crippen molar-refractivity contribution < 1.29 is 9.13 Å². The van der Waals surface area contributed by atoms with Gasteiger partial charge < -0.3 is 15.8 Å². The van der Waals surface area contributed by atoms with Gasteiger partial charge in [0.2, 0.25) is 0 Å². The zero-order valence-electron chi connectivity index (χ0n) is 16.8. The average Bonchev–Trinajstić information content (AvgIpc) is 3.26. The molecule has 5 rings (SSSR count). The average molecular weight is 441 g/mol. The second-order valence-corrected chi connectivity index (χ2v) is 7.92. The number of hydrogen-bond donors (Lipinski definition) is 2. The molecule has 9 heteroatoms. The first-order chi connectivity index (χ1) is 15.1. The molecule has 0 unspecified atom stereocenters. The van der Waals surface area contributed by atoms with Gasteiger partial charge in [-0.2, -0.15) is 0 Å². The molecule has 4 aromatic rings. The fourth-order valence-corrected chi connectivity index (χ4v) is 4.27. The fraction of sp³-hybridized carbons (Fsp3) is 0.273. The molecule has 3 heterocycles. The van der Waals surface area contributed by atoms with E-state index in [9.17, 15) is 4.39 Å². The van der Waals surface area contributed by atoms with Gasteiger partial charge in [-0.25, -0.2) is 14.4 Å². The van der Waals surface area contributed by atoms with Gasteiger partial charge in [-0.3, -0.25) is 9.30 Å². The number of halogens is 2. The topological polar surface area (TPSA) is 80.7 Å². The lowest BCUT2D eigenvalue weighted by atomic mass is 10.0. The number of ether oxygens (including phenoxy) is 1. The van der Waals surface area contributed by atoms with E-state index in [1.54, 1.807) is 24.7 Å². The van der Waals surface area contributed by atoms with E-state index in [-0.39, 0.29) is 0 Å². The summed E-state index contributed by atoms with van der Waals surface area (Å²) < 4.78 is 22.1. The molecule has 1 fully saturated rings. The third kappa shape index (κ3) is 3.78. The molecule has 0 radical (unpaired) electrons. The predicted octanol–water partition coefficient (Wildman–Crippen LogP) is 3.67. The number of morpholine rings is 1. The van der Waals surface area contributed by atoms with Crippen LogP contribution >= 0.6 is 11.6 Å². The molecule has 2 aromatic carbocycles. The first-order valence-corrected chi connectivity index (χ1v) is 10.5. The molecule has 0 spiro atoms. The Morgan fingerprint density at radius 1 is 1.19 bits per heavy atom. The maximum atomic E-state index is 14.8. The highest BCUT2D eigenvalue weighted by molar-refractivity contribution is 6.33. The lowest BCUT2D eigenvalue weighted by Crippen LogP contribution is -2.39. The SMILES string of the molecule is Nc1nc2c(-c3c(F)cccc3Cl)cc(NCCN3CCOCC3)cc2n2cncc12. The van der Waals surface area contributed by atoms with Crippen LogP contribution < -0.4 is 11.1 Å². The van der Waals surface area contributed by atoms with Crippen LogP contribution in [0.3, 0.4) is 0 Å². The van der Waals surface area contributed by atoms with Crippen molar-refractivity contribution in [3.05, 3.63) is 53.7 Å². The van der Waals surface area contributed by atoms with Gasteiger partial charge in [0.25, 0.3) is 0 Å². The maximum absolute atomic E-state index is 14.8. The molecule has 3 N–H and O–H groups in total. The van der Waals surface area contributed by atoms with E-state index >= 15 is 0 Å². The number of anilines is 2. The molecule has 160 valence electrons. The first-order valence-electron chi connectivity index (χ1n) is 10.2. The monoisotopic (exact) mass is 440 g/mol. The van der Waals surface area contributed by atoms with Gasteiger partial charge in [-0.15, -0.1) is 0 Å². The second-order valence-electron chi connectivity index (χ2n) is 7.51. The Morgan fingerprint density at radius 3 is 2.84 bits per heavy atom. The molecule has 2 aromatic heterocycles. The second kappa shape index (κ2) is 8.30. The molecular formula is C22H22ClFN6O. The minimum Gasteiger partial charge on any atom is -0.384 e. The molecule has 7 nitrogen and oxygen atoms in total. The van der Waals surface area contributed by atoms with Crippen LogP contribution in [-0.4, -0.2) is 58.7 Å². The normalized spacial score (nSPS) is 15.0. The largest absolute Gasteiger partial charge is 0.384 e. The summed E-state index contributed by atoms with van der Waals surface area (Å²) in [5.41, 5.74) is 9.92. The van der Waals surface area contributed by atoms with Crippen molar-refractivity contribution in [1.29, 1.82) is 0 Å². The standard InChI is InChI=1S/C22H22ClFN6O/c23-16-2-1-3-17(24)20(16)15-10-14(27-4-5-29-6-8-31-9-7-29)11-18-21(15)28-22(25)19-12-26-13-30(18)19/h1-3,10-13,27H,4-9H2,(H2,25,28). The number of nitrogens with zero attached hydrogens (tertiary/aromatic N) is 4. The number of benzene rings is 2. The van der Waals surface area contributed by atoms with Gasteiger partial charge in [0.15, 0.2) is 0 Å². The zero-order valence-corrected chi connectivity index (χ0v) is 17.6. The summed E-state index contributed by atoms with van der Waals surface area (Å²) in [4.78, 5) is 11.1. The van der Waals surface area contributed by atoms with Gasteiger partial charge in [0, 0.05) is 43.0 Å². The van der Waals surface area contributed by atoms with Gasteiger partial charge in [0.1, 0.15) is 17.2 Å². The number of fused-ring (bicyclic) bond motifs is 3.